The second-order valence-electron chi connectivity index (χ2n) is 6.82. The van der Waals surface area contributed by atoms with Gasteiger partial charge in [-0.15, -0.1) is 0 Å². The van der Waals surface area contributed by atoms with Crippen LogP contribution in [0.2, 0.25) is 0 Å². The molecule has 1 rings (SSSR count). The lowest BCUT2D eigenvalue weighted by molar-refractivity contribution is 0.0469. The third-order valence-electron chi connectivity index (χ3n) is 2.71. The molecule has 1 aromatic rings. The maximum Gasteiger partial charge on any atom is 0.408 e. The van der Waals surface area contributed by atoms with Crippen LogP contribution in [0, 0.1) is 11.6 Å². The fourth-order valence-electron chi connectivity index (χ4n) is 1.66. The Kier molecular flexibility index (Phi) is 5.69. The predicted octanol–water partition coefficient (Wildman–Crippen LogP) is 3.00. The van der Waals surface area contributed by atoms with Crippen LogP contribution in [0.4, 0.5) is 13.6 Å². The van der Waals surface area contributed by atoms with Gasteiger partial charge >= 0.3 is 6.09 Å². The van der Waals surface area contributed by atoms with Crippen LogP contribution in [-0.2, 0) is 4.74 Å². The first kappa shape index (κ1) is 18.9. The van der Waals surface area contributed by atoms with Crippen LogP contribution in [0.1, 0.15) is 45.0 Å². The van der Waals surface area contributed by atoms with Gasteiger partial charge in [-0.2, -0.15) is 0 Å². The van der Waals surface area contributed by atoms with Crippen molar-refractivity contribution in [3.63, 3.8) is 0 Å². The van der Waals surface area contributed by atoms with Gasteiger partial charge in [0.25, 0.3) is 5.91 Å². The van der Waals surface area contributed by atoms with E-state index >= 15 is 0 Å². The molecule has 0 radical (unpaired) electrons. The van der Waals surface area contributed by atoms with E-state index in [0.717, 1.165) is 12.1 Å². The summed E-state index contributed by atoms with van der Waals surface area (Å²) in [6.45, 7) is 8.70. The molecule has 0 atom stereocenters. The van der Waals surface area contributed by atoms with Gasteiger partial charge in [-0.1, -0.05) is 0 Å². The van der Waals surface area contributed by atoms with Crippen LogP contribution in [0.5, 0.6) is 0 Å². The summed E-state index contributed by atoms with van der Waals surface area (Å²) in [4.78, 5) is 23.7. The van der Waals surface area contributed by atoms with Crippen molar-refractivity contribution >= 4 is 12.0 Å². The van der Waals surface area contributed by atoms with E-state index in [1.54, 1.807) is 34.6 Å². The molecule has 7 heteroatoms. The minimum Gasteiger partial charge on any atom is -0.444 e. The van der Waals surface area contributed by atoms with Crippen LogP contribution in [-0.4, -0.2) is 29.7 Å². The number of alkyl carbamates (subject to hydrolysis) is 1. The molecular weight excluding hydrogens is 306 g/mol. The van der Waals surface area contributed by atoms with Crippen molar-refractivity contribution in [1.29, 1.82) is 0 Å². The van der Waals surface area contributed by atoms with Crippen LogP contribution >= 0.6 is 0 Å². The molecule has 0 saturated carbocycles. The smallest absolute Gasteiger partial charge is 0.408 e. The highest BCUT2D eigenvalue weighted by molar-refractivity contribution is 5.94. The van der Waals surface area contributed by atoms with Crippen molar-refractivity contribution < 1.29 is 23.1 Å². The lowest BCUT2D eigenvalue weighted by atomic mass is 10.1. The third-order valence-corrected chi connectivity index (χ3v) is 2.71. The van der Waals surface area contributed by atoms with Gasteiger partial charge in [-0.25, -0.2) is 13.6 Å². The van der Waals surface area contributed by atoms with Crippen molar-refractivity contribution in [3.05, 3.63) is 35.4 Å². The molecule has 0 aliphatic rings. The lowest BCUT2D eigenvalue weighted by Gasteiger charge is -2.28. The molecule has 5 nitrogen and oxygen atoms in total. The summed E-state index contributed by atoms with van der Waals surface area (Å²) in [5.74, 6) is -2.68. The molecule has 0 aliphatic heterocycles. The van der Waals surface area contributed by atoms with E-state index in [-0.39, 0.29) is 12.1 Å². The molecule has 0 unspecified atom stereocenters. The van der Waals surface area contributed by atoms with Crippen LogP contribution in [0.3, 0.4) is 0 Å². The first-order valence-corrected chi connectivity index (χ1v) is 7.14. The number of benzene rings is 1. The van der Waals surface area contributed by atoms with Crippen LogP contribution in [0.15, 0.2) is 18.2 Å². The summed E-state index contributed by atoms with van der Waals surface area (Å²) in [7, 11) is 0. The second kappa shape index (κ2) is 6.93. The number of carbonyl (C=O) groups excluding carboxylic acids is 2. The molecule has 0 aliphatic carbocycles. The zero-order chi connectivity index (χ0) is 17.8. The number of amides is 2. The summed E-state index contributed by atoms with van der Waals surface area (Å²) < 4.78 is 31.1. The van der Waals surface area contributed by atoms with Crippen LogP contribution < -0.4 is 10.6 Å². The highest BCUT2D eigenvalue weighted by Gasteiger charge is 2.25. The zero-order valence-electron chi connectivity index (χ0n) is 13.9. The van der Waals surface area contributed by atoms with Gasteiger partial charge in [0.15, 0.2) is 11.6 Å². The van der Waals surface area contributed by atoms with Crippen molar-refractivity contribution in [2.45, 2.75) is 45.8 Å². The van der Waals surface area contributed by atoms with Crippen molar-refractivity contribution in [2.24, 2.45) is 0 Å². The maximum absolute atomic E-state index is 13.1. The highest BCUT2D eigenvalue weighted by atomic mass is 19.2. The van der Waals surface area contributed by atoms with E-state index in [9.17, 15) is 18.4 Å². The number of carbonyl (C=O) groups is 2. The van der Waals surface area contributed by atoms with E-state index in [4.69, 9.17) is 4.74 Å². The van der Waals surface area contributed by atoms with E-state index in [1.165, 1.54) is 6.07 Å². The number of nitrogens with one attached hydrogen (secondary N) is 2. The molecule has 0 saturated heterocycles. The summed E-state index contributed by atoms with van der Waals surface area (Å²) in [6.07, 6.45) is -0.607. The standard InChI is InChI=1S/C16H22F2N2O3/c1-15(2,3)23-14(22)20-16(4,5)9-19-13(21)10-6-7-11(17)12(18)8-10/h6-8H,9H2,1-5H3,(H,19,21)(H,20,22). The number of rotatable bonds is 4. The van der Waals surface area contributed by atoms with Crippen molar-refractivity contribution in [2.75, 3.05) is 6.54 Å². The molecule has 0 heterocycles. The second-order valence-corrected chi connectivity index (χ2v) is 6.82. The Hall–Kier alpha value is -2.18. The molecule has 0 bridgehead atoms. The molecular formula is C16H22F2N2O3. The lowest BCUT2D eigenvalue weighted by Crippen LogP contribution is -2.52. The summed E-state index contributed by atoms with van der Waals surface area (Å²) >= 11 is 0. The monoisotopic (exact) mass is 328 g/mol. The number of halogens is 2. The minimum absolute atomic E-state index is 0.00281. The zero-order valence-corrected chi connectivity index (χ0v) is 13.9. The predicted molar refractivity (Wildman–Crippen MR) is 82.1 cm³/mol. The average molecular weight is 328 g/mol. The Morgan fingerprint density at radius 1 is 1.09 bits per heavy atom. The van der Waals surface area contributed by atoms with Gasteiger partial charge in [0.2, 0.25) is 0 Å². The van der Waals surface area contributed by atoms with E-state index < -0.39 is 34.8 Å². The topological polar surface area (TPSA) is 67.4 Å². The number of hydrogen-bond acceptors (Lipinski definition) is 3. The normalized spacial score (nSPS) is 11.8. The SMILES string of the molecule is CC(C)(CNC(=O)c1ccc(F)c(F)c1)NC(=O)OC(C)(C)C. The minimum atomic E-state index is -1.09. The van der Waals surface area contributed by atoms with Gasteiger partial charge in [0, 0.05) is 12.1 Å². The molecule has 0 fully saturated rings. The molecule has 1 aromatic carbocycles. The first-order chi connectivity index (χ1) is 10.4. The van der Waals surface area contributed by atoms with E-state index in [0.29, 0.717) is 0 Å². The molecule has 0 aromatic heterocycles. The average Bonchev–Trinajstić information content (AvgIpc) is 2.36. The van der Waals surface area contributed by atoms with Gasteiger partial charge in [-0.3, -0.25) is 4.79 Å². The summed E-state index contributed by atoms with van der Waals surface area (Å²) in [5, 5.41) is 5.19. The fraction of sp³-hybridized carbons (Fsp3) is 0.500. The van der Waals surface area contributed by atoms with E-state index in [2.05, 4.69) is 10.6 Å². The fourth-order valence-corrected chi connectivity index (χ4v) is 1.66. The Morgan fingerprint density at radius 2 is 1.70 bits per heavy atom. The molecule has 2 N–H and O–H groups in total. The van der Waals surface area contributed by atoms with Crippen molar-refractivity contribution in [1.82, 2.24) is 10.6 Å². The van der Waals surface area contributed by atoms with Crippen LogP contribution in [0.25, 0.3) is 0 Å². The maximum atomic E-state index is 13.1. The van der Waals surface area contributed by atoms with Gasteiger partial charge in [-0.05, 0) is 52.8 Å². The first-order valence-electron chi connectivity index (χ1n) is 7.14. The number of hydrogen-bond donors (Lipinski definition) is 2. The highest BCUT2D eigenvalue weighted by Crippen LogP contribution is 2.11. The Balaban J connectivity index is 2.59. The Morgan fingerprint density at radius 3 is 2.22 bits per heavy atom. The van der Waals surface area contributed by atoms with Gasteiger partial charge in [0.1, 0.15) is 5.60 Å². The summed E-state index contributed by atoms with van der Waals surface area (Å²) in [5.41, 5.74) is -1.41. The third kappa shape index (κ3) is 6.63. The van der Waals surface area contributed by atoms with Gasteiger partial charge < -0.3 is 15.4 Å². The molecule has 2 amide bonds. The largest absolute Gasteiger partial charge is 0.444 e. The Bertz CT molecular complexity index is 595. The molecule has 0 spiro atoms. The van der Waals surface area contributed by atoms with Gasteiger partial charge in [0.05, 0.1) is 5.54 Å². The quantitative estimate of drug-likeness (QED) is 0.893. The summed E-state index contributed by atoms with van der Waals surface area (Å²) in [6, 6.07) is 2.88. The molecule has 23 heavy (non-hydrogen) atoms. The number of ether oxygens (including phenoxy) is 1. The van der Waals surface area contributed by atoms with Crippen molar-refractivity contribution in [3.8, 4) is 0 Å². The van der Waals surface area contributed by atoms with E-state index in [1.807, 2.05) is 0 Å². The Labute approximate surface area is 134 Å². The molecule has 128 valence electrons.